The van der Waals surface area contributed by atoms with Crippen LogP contribution in [-0.2, 0) is 10.2 Å². The Morgan fingerprint density at radius 1 is 1.22 bits per heavy atom. The molecule has 2 aromatic rings. The Morgan fingerprint density at radius 3 is 2.59 bits per heavy atom. The van der Waals surface area contributed by atoms with E-state index in [1.165, 1.54) is 16.9 Å². The third-order valence-electron chi connectivity index (χ3n) is 6.24. The maximum atomic E-state index is 13.1. The Labute approximate surface area is 165 Å². The number of likely N-dealkylation sites (tertiary alicyclic amines) is 2. The molecule has 2 saturated heterocycles. The fraction of sp³-hybridized carbons (Fsp3) is 0.524. The number of nitrogens with zero attached hydrogens (tertiary/aromatic N) is 3. The predicted octanol–water partition coefficient (Wildman–Crippen LogP) is 2.98. The van der Waals surface area contributed by atoms with Crippen molar-refractivity contribution in [1.82, 2.24) is 14.8 Å². The fourth-order valence-electron chi connectivity index (χ4n) is 4.69. The summed E-state index contributed by atoms with van der Waals surface area (Å²) in [5.41, 5.74) is 8.14. The smallest absolute Gasteiger partial charge is 0.226 e. The Kier molecular flexibility index (Phi) is 5.19. The monoisotopic (exact) mass is 384 g/mol. The number of hydrogen-bond donors (Lipinski definition) is 1. The van der Waals surface area contributed by atoms with Crippen molar-refractivity contribution in [3.63, 3.8) is 0 Å². The summed E-state index contributed by atoms with van der Waals surface area (Å²) in [5, 5.41) is 2.71. The zero-order valence-corrected chi connectivity index (χ0v) is 16.8. The first kappa shape index (κ1) is 18.4. The van der Waals surface area contributed by atoms with Crippen LogP contribution in [0.4, 0.5) is 5.13 Å². The van der Waals surface area contributed by atoms with Gasteiger partial charge in [-0.1, -0.05) is 30.3 Å². The van der Waals surface area contributed by atoms with E-state index < -0.39 is 0 Å². The molecule has 144 valence electrons. The molecule has 1 aromatic carbocycles. The quantitative estimate of drug-likeness (QED) is 0.884. The van der Waals surface area contributed by atoms with E-state index in [0.717, 1.165) is 57.6 Å². The van der Waals surface area contributed by atoms with Gasteiger partial charge in [-0.05, 0) is 44.8 Å². The van der Waals surface area contributed by atoms with Crippen LogP contribution in [0.2, 0.25) is 0 Å². The minimum atomic E-state index is -0.143. The summed E-state index contributed by atoms with van der Waals surface area (Å²) in [6, 6.07) is 10.6. The third-order valence-corrected chi connectivity index (χ3v) is 6.91. The zero-order chi connectivity index (χ0) is 18.9. The molecule has 2 N–H and O–H groups in total. The molecule has 0 radical (unpaired) electrons. The van der Waals surface area contributed by atoms with E-state index in [0.29, 0.717) is 11.0 Å². The predicted molar refractivity (Wildman–Crippen MR) is 110 cm³/mol. The van der Waals surface area contributed by atoms with Crippen LogP contribution in [0.25, 0.3) is 0 Å². The van der Waals surface area contributed by atoms with Crippen LogP contribution >= 0.6 is 11.3 Å². The molecule has 0 aliphatic carbocycles. The summed E-state index contributed by atoms with van der Waals surface area (Å²) in [6.45, 7) is 3.56. The lowest BCUT2D eigenvalue weighted by molar-refractivity contribution is -0.138. The van der Waals surface area contributed by atoms with Crippen molar-refractivity contribution in [1.29, 1.82) is 0 Å². The van der Waals surface area contributed by atoms with E-state index in [9.17, 15) is 4.79 Å². The molecule has 6 heteroatoms. The van der Waals surface area contributed by atoms with Crippen LogP contribution in [-0.4, -0.2) is 53.9 Å². The number of thiazole rings is 1. The van der Waals surface area contributed by atoms with Gasteiger partial charge in [0.05, 0.1) is 11.6 Å². The summed E-state index contributed by atoms with van der Waals surface area (Å²) in [5.74, 6) is 0.490. The molecule has 0 saturated carbocycles. The summed E-state index contributed by atoms with van der Waals surface area (Å²) in [6.07, 6.45) is 3.93. The number of aromatic nitrogens is 1. The first-order valence-electron chi connectivity index (χ1n) is 9.83. The van der Waals surface area contributed by atoms with Gasteiger partial charge in [-0.25, -0.2) is 4.98 Å². The highest BCUT2D eigenvalue weighted by Gasteiger charge is 2.41. The standard InChI is InChI=1S/C21H28N4OS/c1-24-11-5-6-16(14-24)19(26)25-12-9-21(10-13-25,17-7-3-2-4-8-17)18-15-27-20(22)23-18/h2-4,7-8,15-16H,5-6,9-14H2,1H3,(H2,22,23). The van der Waals surface area contributed by atoms with Crippen molar-refractivity contribution in [2.24, 2.45) is 5.92 Å². The molecule has 2 fully saturated rings. The molecule has 4 rings (SSSR count). The number of carbonyl (C=O) groups excluding carboxylic acids is 1. The highest BCUT2D eigenvalue weighted by molar-refractivity contribution is 7.13. The van der Waals surface area contributed by atoms with E-state index in [2.05, 4.69) is 51.5 Å². The van der Waals surface area contributed by atoms with E-state index in [4.69, 9.17) is 5.73 Å². The first-order valence-corrected chi connectivity index (χ1v) is 10.7. The second kappa shape index (κ2) is 7.60. The molecule has 1 aromatic heterocycles. The van der Waals surface area contributed by atoms with E-state index in [1.807, 2.05) is 6.07 Å². The van der Waals surface area contributed by atoms with Crippen molar-refractivity contribution in [3.8, 4) is 0 Å². The Hall–Kier alpha value is -1.92. The number of benzene rings is 1. The number of hydrogen-bond acceptors (Lipinski definition) is 5. The van der Waals surface area contributed by atoms with Crippen molar-refractivity contribution < 1.29 is 4.79 Å². The number of anilines is 1. The Bertz CT molecular complexity index is 782. The topological polar surface area (TPSA) is 62.5 Å². The molecular weight excluding hydrogens is 356 g/mol. The van der Waals surface area contributed by atoms with Gasteiger partial charge >= 0.3 is 0 Å². The van der Waals surface area contributed by atoms with Crippen LogP contribution in [0.3, 0.4) is 0 Å². The van der Waals surface area contributed by atoms with Crippen molar-refractivity contribution in [2.75, 3.05) is 39.0 Å². The SMILES string of the molecule is CN1CCCC(C(=O)N2CCC(c3ccccc3)(c3csc(N)n3)CC2)C1. The third kappa shape index (κ3) is 3.60. The van der Waals surface area contributed by atoms with Crippen molar-refractivity contribution >= 4 is 22.4 Å². The minimum absolute atomic E-state index is 0.143. The van der Waals surface area contributed by atoms with Gasteiger partial charge in [-0.15, -0.1) is 11.3 Å². The average Bonchev–Trinajstić information content (AvgIpc) is 3.15. The maximum absolute atomic E-state index is 13.1. The molecule has 0 bridgehead atoms. The van der Waals surface area contributed by atoms with Gasteiger partial charge in [-0.2, -0.15) is 0 Å². The summed E-state index contributed by atoms with van der Waals surface area (Å²) < 4.78 is 0. The number of rotatable bonds is 3. The lowest BCUT2D eigenvalue weighted by Gasteiger charge is -2.43. The Morgan fingerprint density at radius 2 is 1.96 bits per heavy atom. The van der Waals surface area contributed by atoms with E-state index >= 15 is 0 Å². The molecule has 1 atom stereocenters. The van der Waals surface area contributed by atoms with E-state index in [1.54, 1.807) is 0 Å². The second-order valence-corrected chi connectivity index (χ2v) is 8.84. The largest absolute Gasteiger partial charge is 0.375 e. The normalized spacial score (nSPS) is 23.3. The molecule has 27 heavy (non-hydrogen) atoms. The van der Waals surface area contributed by atoms with Crippen molar-refractivity contribution in [2.45, 2.75) is 31.1 Å². The average molecular weight is 385 g/mol. The number of amides is 1. The summed E-state index contributed by atoms with van der Waals surface area (Å²) in [7, 11) is 2.11. The van der Waals surface area contributed by atoms with E-state index in [-0.39, 0.29) is 11.3 Å². The number of nitrogens with two attached hydrogens (primary N) is 1. The maximum Gasteiger partial charge on any atom is 0.226 e. The van der Waals surface area contributed by atoms with Crippen LogP contribution in [0, 0.1) is 5.92 Å². The zero-order valence-electron chi connectivity index (χ0n) is 15.9. The molecule has 0 spiro atoms. The molecular formula is C21H28N4OS. The minimum Gasteiger partial charge on any atom is -0.375 e. The van der Waals surface area contributed by atoms with Crippen LogP contribution in [0.5, 0.6) is 0 Å². The van der Waals surface area contributed by atoms with Gasteiger partial charge in [0, 0.05) is 30.4 Å². The number of carbonyl (C=O) groups is 1. The fourth-order valence-corrected chi connectivity index (χ4v) is 5.35. The van der Waals surface area contributed by atoms with Gasteiger partial charge < -0.3 is 15.5 Å². The van der Waals surface area contributed by atoms with Crippen LogP contribution < -0.4 is 5.73 Å². The lowest BCUT2D eigenvalue weighted by Crippen LogP contribution is -2.50. The molecule has 2 aliphatic heterocycles. The number of piperidine rings is 2. The molecule has 2 aliphatic rings. The van der Waals surface area contributed by atoms with Crippen LogP contribution in [0.15, 0.2) is 35.7 Å². The van der Waals surface area contributed by atoms with Gasteiger partial charge in [0.1, 0.15) is 0 Å². The Balaban J connectivity index is 1.54. The van der Waals surface area contributed by atoms with Gasteiger partial charge in [0.25, 0.3) is 0 Å². The molecule has 1 unspecified atom stereocenters. The van der Waals surface area contributed by atoms with Crippen LogP contribution in [0.1, 0.15) is 36.9 Å². The van der Waals surface area contributed by atoms with Gasteiger partial charge in [-0.3, -0.25) is 4.79 Å². The highest BCUT2D eigenvalue weighted by atomic mass is 32.1. The summed E-state index contributed by atoms with van der Waals surface area (Å²) >= 11 is 1.50. The van der Waals surface area contributed by atoms with Gasteiger partial charge in [0.15, 0.2) is 5.13 Å². The molecule has 5 nitrogen and oxygen atoms in total. The second-order valence-electron chi connectivity index (χ2n) is 7.95. The van der Waals surface area contributed by atoms with Gasteiger partial charge in [0.2, 0.25) is 5.91 Å². The first-order chi connectivity index (χ1) is 13.1. The summed E-state index contributed by atoms with van der Waals surface area (Å²) in [4.78, 5) is 22.1. The molecule has 1 amide bonds. The number of nitrogen functional groups attached to an aromatic ring is 1. The molecule has 3 heterocycles. The highest BCUT2D eigenvalue weighted by Crippen LogP contribution is 2.42. The van der Waals surface area contributed by atoms with Crippen molar-refractivity contribution in [3.05, 3.63) is 47.0 Å². The lowest BCUT2D eigenvalue weighted by atomic mass is 9.70.